The summed E-state index contributed by atoms with van der Waals surface area (Å²) in [6.45, 7) is 0. The highest BCUT2D eigenvalue weighted by molar-refractivity contribution is 6.45. The Balaban J connectivity index is 2.87. The van der Waals surface area contributed by atoms with Crippen LogP contribution < -0.4 is 4.74 Å². The highest BCUT2D eigenvalue weighted by Gasteiger charge is 1.97. The molecule has 0 aliphatic heterocycles. The van der Waals surface area contributed by atoms with E-state index in [2.05, 4.69) is 0 Å². The van der Waals surface area contributed by atoms with Crippen molar-refractivity contribution in [3.05, 3.63) is 35.9 Å². The number of ether oxygens (including phenoxy) is 1. The smallest absolute Gasteiger partial charge is 0.126 e. The first-order chi connectivity index (χ1) is 6.24. The van der Waals surface area contributed by atoms with Gasteiger partial charge in [0.15, 0.2) is 0 Å². The van der Waals surface area contributed by atoms with Crippen LogP contribution in [0.3, 0.4) is 0 Å². The van der Waals surface area contributed by atoms with E-state index in [0.717, 1.165) is 11.3 Å². The molecule has 0 fully saturated rings. The minimum atomic E-state index is -0.482. The van der Waals surface area contributed by atoms with Gasteiger partial charge >= 0.3 is 0 Å². The highest BCUT2D eigenvalue weighted by atomic mass is 35.5. The number of para-hydroxylation sites is 1. The third-order valence-corrected chi connectivity index (χ3v) is 1.85. The fourth-order valence-corrected chi connectivity index (χ4v) is 1.13. The molecule has 0 unspecified atom stereocenters. The molecule has 1 nitrogen and oxygen atoms in total. The fraction of sp³-hybridized carbons (Fsp3) is 0.200. The molecule has 0 saturated heterocycles. The van der Waals surface area contributed by atoms with Crippen molar-refractivity contribution in [2.75, 3.05) is 7.11 Å². The SMILES string of the molecule is COc1ccccc1C=CC(Cl)Cl. The lowest BCUT2D eigenvalue weighted by Gasteiger charge is -2.03. The molecule has 0 atom stereocenters. The molecule has 0 aromatic heterocycles. The van der Waals surface area contributed by atoms with Crippen molar-refractivity contribution < 1.29 is 4.74 Å². The quantitative estimate of drug-likeness (QED) is 0.704. The topological polar surface area (TPSA) is 9.23 Å². The normalized spacial score (nSPS) is 11.1. The number of hydrogen-bond donors (Lipinski definition) is 0. The van der Waals surface area contributed by atoms with Crippen LogP contribution in [-0.2, 0) is 0 Å². The second kappa shape index (κ2) is 5.15. The Bertz CT molecular complexity index is 295. The molecule has 1 aromatic rings. The lowest BCUT2D eigenvalue weighted by molar-refractivity contribution is 0.414. The Morgan fingerprint density at radius 1 is 1.31 bits per heavy atom. The standard InChI is InChI=1S/C10H10Cl2O/c1-13-9-5-3-2-4-8(9)6-7-10(11)12/h2-7,10H,1H3. The second-order valence-electron chi connectivity index (χ2n) is 2.44. The van der Waals surface area contributed by atoms with Crippen molar-refractivity contribution in [3.8, 4) is 5.75 Å². The monoisotopic (exact) mass is 216 g/mol. The van der Waals surface area contributed by atoms with Gasteiger partial charge < -0.3 is 4.74 Å². The van der Waals surface area contributed by atoms with Gasteiger partial charge in [-0.2, -0.15) is 0 Å². The first kappa shape index (κ1) is 10.4. The number of methoxy groups -OCH3 is 1. The zero-order valence-electron chi connectivity index (χ0n) is 7.21. The Morgan fingerprint density at radius 3 is 2.62 bits per heavy atom. The molecule has 0 aliphatic rings. The predicted octanol–water partition coefficient (Wildman–Crippen LogP) is 3.51. The minimum absolute atomic E-state index is 0.482. The van der Waals surface area contributed by atoms with E-state index in [4.69, 9.17) is 27.9 Å². The molecule has 0 aliphatic carbocycles. The molecule has 0 amide bonds. The summed E-state index contributed by atoms with van der Waals surface area (Å²) in [5.41, 5.74) is 0.969. The first-order valence-electron chi connectivity index (χ1n) is 3.83. The molecule has 0 heterocycles. The maximum Gasteiger partial charge on any atom is 0.126 e. The Labute approximate surface area is 87.9 Å². The number of allylic oxidation sites excluding steroid dienone is 1. The van der Waals surface area contributed by atoms with Crippen LogP contribution in [0.4, 0.5) is 0 Å². The fourth-order valence-electron chi connectivity index (χ4n) is 0.981. The second-order valence-corrected chi connectivity index (χ2v) is 3.60. The van der Waals surface area contributed by atoms with Crippen molar-refractivity contribution in [3.63, 3.8) is 0 Å². The lowest BCUT2D eigenvalue weighted by atomic mass is 10.2. The molecule has 1 aromatic carbocycles. The average Bonchev–Trinajstić information content (AvgIpc) is 2.15. The van der Waals surface area contributed by atoms with Crippen LogP contribution in [-0.4, -0.2) is 11.9 Å². The van der Waals surface area contributed by atoms with Gasteiger partial charge in [-0.3, -0.25) is 0 Å². The molecule has 0 bridgehead atoms. The van der Waals surface area contributed by atoms with Gasteiger partial charge in [-0.05, 0) is 6.07 Å². The summed E-state index contributed by atoms with van der Waals surface area (Å²) >= 11 is 11.1. The molecule has 70 valence electrons. The minimum Gasteiger partial charge on any atom is -0.496 e. The summed E-state index contributed by atoms with van der Waals surface area (Å²) in [5.74, 6) is 0.813. The Hall–Kier alpha value is -0.660. The maximum atomic E-state index is 5.56. The van der Waals surface area contributed by atoms with Gasteiger partial charge in [0, 0.05) is 5.56 Å². The number of alkyl halides is 2. The summed E-state index contributed by atoms with van der Waals surface area (Å²) in [6.07, 6.45) is 3.53. The van der Waals surface area contributed by atoms with Crippen LogP contribution in [0.5, 0.6) is 5.75 Å². The summed E-state index contributed by atoms with van der Waals surface area (Å²) in [4.78, 5) is -0.482. The van der Waals surface area contributed by atoms with Crippen LogP contribution in [0.15, 0.2) is 30.3 Å². The summed E-state index contributed by atoms with van der Waals surface area (Å²) in [5, 5.41) is 0. The van der Waals surface area contributed by atoms with E-state index in [1.807, 2.05) is 30.3 Å². The molecule has 13 heavy (non-hydrogen) atoms. The summed E-state index contributed by atoms with van der Waals surface area (Å²) in [7, 11) is 1.63. The molecule has 0 radical (unpaired) electrons. The highest BCUT2D eigenvalue weighted by Crippen LogP contribution is 2.19. The van der Waals surface area contributed by atoms with Crippen molar-refractivity contribution >= 4 is 29.3 Å². The average molecular weight is 217 g/mol. The Morgan fingerprint density at radius 2 is 2.00 bits per heavy atom. The first-order valence-corrected chi connectivity index (χ1v) is 4.70. The molecule has 0 saturated carbocycles. The van der Waals surface area contributed by atoms with Crippen LogP contribution in [0.2, 0.25) is 0 Å². The summed E-state index contributed by atoms with van der Waals surface area (Å²) < 4.78 is 5.14. The van der Waals surface area contributed by atoms with Gasteiger partial charge in [0.2, 0.25) is 0 Å². The number of halogens is 2. The van der Waals surface area contributed by atoms with Crippen LogP contribution in [0.25, 0.3) is 6.08 Å². The zero-order chi connectivity index (χ0) is 9.68. The van der Waals surface area contributed by atoms with Gasteiger partial charge in [0.25, 0.3) is 0 Å². The third kappa shape index (κ3) is 3.29. The molecular formula is C10H10Cl2O. The predicted molar refractivity (Wildman–Crippen MR) is 57.5 cm³/mol. The van der Waals surface area contributed by atoms with Crippen molar-refractivity contribution in [1.82, 2.24) is 0 Å². The van der Waals surface area contributed by atoms with Gasteiger partial charge in [0.1, 0.15) is 10.6 Å². The van der Waals surface area contributed by atoms with Crippen molar-refractivity contribution in [2.24, 2.45) is 0 Å². The van der Waals surface area contributed by atoms with Crippen LogP contribution in [0, 0.1) is 0 Å². The number of rotatable bonds is 3. The van der Waals surface area contributed by atoms with Crippen LogP contribution >= 0.6 is 23.2 Å². The van der Waals surface area contributed by atoms with E-state index in [1.54, 1.807) is 13.2 Å². The Kier molecular flexibility index (Phi) is 4.13. The van der Waals surface area contributed by atoms with E-state index in [1.165, 1.54) is 0 Å². The number of benzene rings is 1. The third-order valence-electron chi connectivity index (χ3n) is 1.56. The number of hydrogen-bond acceptors (Lipinski definition) is 1. The molecule has 3 heteroatoms. The van der Waals surface area contributed by atoms with Gasteiger partial charge in [-0.25, -0.2) is 0 Å². The molecule has 0 spiro atoms. The van der Waals surface area contributed by atoms with Gasteiger partial charge in [-0.1, -0.05) is 30.4 Å². The van der Waals surface area contributed by atoms with Crippen molar-refractivity contribution in [2.45, 2.75) is 4.84 Å². The van der Waals surface area contributed by atoms with E-state index in [-0.39, 0.29) is 0 Å². The van der Waals surface area contributed by atoms with E-state index in [0.29, 0.717) is 0 Å². The van der Waals surface area contributed by atoms with Gasteiger partial charge in [0.05, 0.1) is 7.11 Å². The van der Waals surface area contributed by atoms with E-state index >= 15 is 0 Å². The van der Waals surface area contributed by atoms with E-state index in [9.17, 15) is 0 Å². The summed E-state index contributed by atoms with van der Waals surface area (Å²) in [6, 6.07) is 7.66. The molecule has 0 N–H and O–H groups in total. The van der Waals surface area contributed by atoms with Gasteiger partial charge in [-0.15, -0.1) is 23.2 Å². The van der Waals surface area contributed by atoms with Crippen molar-refractivity contribution in [1.29, 1.82) is 0 Å². The lowest BCUT2D eigenvalue weighted by Crippen LogP contribution is -1.86. The molecular weight excluding hydrogens is 207 g/mol. The largest absolute Gasteiger partial charge is 0.496 e. The van der Waals surface area contributed by atoms with Crippen LogP contribution in [0.1, 0.15) is 5.56 Å². The molecule has 1 rings (SSSR count). The van der Waals surface area contributed by atoms with E-state index < -0.39 is 4.84 Å². The maximum absolute atomic E-state index is 5.56. The zero-order valence-corrected chi connectivity index (χ0v) is 8.72.